The third kappa shape index (κ3) is 5.27. The summed E-state index contributed by atoms with van der Waals surface area (Å²) in [6.45, 7) is 2.44. The Balaban J connectivity index is 1.31. The van der Waals surface area contributed by atoms with Crippen molar-refractivity contribution in [2.45, 2.75) is 30.4 Å². The van der Waals surface area contributed by atoms with Crippen molar-refractivity contribution < 1.29 is 21.0 Å². The molecule has 0 radical (unpaired) electrons. The van der Waals surface area contributed by atoms with E-state index in [-0.39, 0.29) is 16.5 Å². The zero-order valence-electron chi connectivity index (χ0n) is 21.8. The summed E-state index contributed by atoms with van der Waals surface area (Å²) in [5.74, 6) is 0.309. The van der Waals surface area contributed by atoms with Crippen molar-refractivity contribution >= 4 is 42.2 Å². The Kier molecular flexibility index (Phi) is 6.95. The number of pyridine rings is 1. The number of H-pyrrole nitrogens is 1. The molecule has 1 aliphatic heterocycles. The summed E-state index contributed by atoms with van der Waals surface area (Å²) in [5, 5.41) is 0.537. The second kappa shape index (κ2) is 10.4. The quantitative estimate of drug-likeness (QED) is 0.273. The molecule has 1 aliphatic rings. The number of likely N-dealkylation sites (tertiary alicyclic amines) is 1. The lowest BCUT2D eigenvalue weighted by Gasteiger charge is -2.34. The van der Waals surface area contributed by atoms with Gasteiger partial charge in [-0.2, -0.15) is 8.42 Å². The first-order valence-corrected chi connectivity index (χ1v) is 16.3. The molecule has 3 aromatic heterocycles. The van der Waals surface area contributed by atoms with E-state index in [1.165, 1.54) is 30.1 Å². The van der Waals surface area contributed by atoms with Crippen molar-refractivity contribution in [3.05, 3.63) is 90.5 Å². The topological polar surface area (TPSA) is 127 Å². The van der Waals surface area contributed by atoms with Gasteiger partial charge in [-0.1, -0.05) is 48.5 Å². The highest BCUT2D eigenvalue weighted by atomic mass is 32.2. The van der Waals surface area contributed by atoms with Crippen LogP contribution in [0.5, 0.6) is 0 Å². The molecule has 12 heteroatoms. The Morgan fingerprint density at radius 2 is 1.65 bits per heavy atom. The van der Waals surface area contributed by atoms with Crippen LogP contribution in [0.25, 0.3) is 22.1 Å². The van der Waals surface area contributed by atoms with Crippen LogP contribution in [0, 0.1) is 5.92 Å². The second-order valence-corrected chi connectivity index (χ2v) is 13.5. The SMILES string of the molecule is CS(=O)(=O)OC(c1nc2c(cnc3c2ccn3S(=O)(=O)c2ccccc2)[nH]1)C1CCN(Cc2ccccc2)CC1. The summed E-state index contributed by atoms with van der Waals surface area (Å²) < 4.78 is 57.9. The maximum absolute atomic E-state index is 13.3. The van der Waals surface area contributed by atoms with Crippen LogP contribution in [-0.2, 0) is 30.9 Å². The van der Waals surface area contributed by atoms with E-state index in [0.29, 0.717) is 22.2 Å². The Morgan fingerprint density at radius 3 is 2.33 bits per heavy atom. The first-order valence-electron chi connectivity index (χ1n) is 13.0. The van der Waals surface area contributed by atoms with Gasteiger partial charge in [0.2, 0.25) is 0 Å². The molecule has 0 saturated carbocycles. The van der Waals surface area contributed by atoms with Gasteiger partial charge in [0.25, 0.3) is 20.1 Å². The van der Waals surface area contributed by atoms with E-state index >= 15 is 0 Å². The lowest BCUT2D eigenvalue weighted by atomic mass is 9.90. The van der Waals surface area contributed by atoms with Crippen LogP contribution in [0.3, 0.4) is 0 Å². The van der Waals surface area contributed by atoms with Crippen molar-refractivity contribution in [3.63, 3.8) is 0 Å². The van der Waals surface area contributed by atoms with Crippen LogP contribution < -0.4 is 0 Å². The van der Waals surface area contributed by atoms with Crippen molar-refractivity contribution in [1.29, 1.82) is 0 Å². The zero-order chi connectivity index (χ0) is 27.9. The maximum Gasteiger partial charge on any atom is 0.269 e. The lowest BCUT2D eigenvalue weighted by molar-refractivity contribution is 0.0744. The normalized spacial score (nSPS) is 16.5. The third-order valence-corrected chi connectivity index (χ3v) is 9.54. The van der Waals surface area contributed by atoms with Crippen LogP contribution in [0.2, 0.25) is 0 Å². The first kappa shape index (κ1) is 26.6. The molecule has 4 heterocycles. The van der Waals surface area contributed by atoms with E-state index in [1.54, 1.807) is 24.3 Å². The van der Waals surface area contributed by atoms with Crippen LogP contribution in [-0.4, -0.2) is 60.0 Å². The predicted octanol–water partition coefficient (Wildman–Crippen LogP) is 4.08. The number of aromatic nitrogens is 4. The smallest absolute Gasteiger partial charge is 0.269 e. The number of nitrogens with one attached hydrogen (secondary N) is 1. The molecule has 1 saturated heterocycles. The van der Waals surface area contributed by atoms with Gasteiger partial charge >= 0.3 is 0 Å². The molecule has 5 aromatic rings. The average molecular weight is 580 g/mol. The molecule has 1 N–H and O–H groups in total. The summed E-state index contributed by atoms with van der Waals surface area (Å²) in [5.41, 5.74) is 2.55. The molecule has 0 spiro atoms. The van der Waals surface area contributed by atoms with Crippen LogP contribution >= 0.6 is 0 Å². The fourth-order valence-electron chi connectivity index (χ4n) is 5.37. The van der Waals surface area contributed by atoms with E-state index in [1.807, 2.05) is 18.2 Å². The number of hydrogen-bond acceptors (Lipinski definition) is 8. The van der Waals surface area contributed by atoms with E-state index < -0.39 is 26.2 Å². The van der Waals surface area contributed by atoms with Gasteiger partial charge in [-0.25, -0.2) is 22.4 Å². The molecule has 6 rings (SSSR count). The largest absolute Gasteiger partial charge is 0.338 e. The Hall–Kier alpha value is -3.58. The Bertz CT molecular complexity index is 1860. The molecule has 0 bridgehead atoms. The van der Waals surface area contributed by atoms with Crippen LogP contribution in [0.4, 0.5) is 0 Å². The van der Waals surface area contributed by atoms with E-state index in [4.69, 9.17) is 9.17 Å². The molecule has 1 unspecified atom stereocenters. The molecular formula is C28H29N5O5S2. The van der Waals surface area contributed by atoms with Crippen molar-refractivity contribution in [2.75, 3.05) is 19.3 Å². The number of benzene rings is 2. The summed E-state index contributed by atoms with van der Waals surface area (Å²) in [7, 11) is -7.64. The van der Waals surface area contributed by atoms with E-state index in [2.05, 4.69) is 27.0 Å². The van der Waals surface area contributed by atoms with Gasteiger partial charge in [-0.3, -0.25) is 9.08 Å². The summed E-state index contributed by atoms with van der Waals surface area (Å²) in [6.07, 6.45) is 4.70. The van der Waals surface area contributed by atoms with Gasteiger partial charge in [-0.15, -0.1) is 0 Å². The maximum atomic E-state index is 13.3. The van der Waals surface area contributed by atoms with Gasteiger partial charge in [-0.05, 0) is 55.6 Å². The summed E-state index contributed by atoms with van der Waals surface area (Å²) in [6, 6.07) is 20.1. The van der Waals surface area contributed by atoms with E-state index in [0.717, 1.165) is 42.7 Å². The minimum atomic E-state index is -3.86. The molecule has 40 heavy (non-hydrogen) atoms. The number of nitrogens with zero attached hydrogens (tertiary/aromatic N) is 4. The molecule has 0 amide bonds. The molecular weight excluding hydrogens is 550 g/mol. The number of fused-ring (bicyclic) bond motifs is 3. The number of piperidine rings is 1. The number of imidazole rings is 1. The van der Waals surface area contributed by atoms with Crippen molar-refractivity contribution in [2.24, 2.45) is 5.92 Å². The average Bonchev–Trinajstić information content (AvgIpc) is 3.58. The highest BCUT2D eigenvalue weighted by Crippen LogP contribution is 2.36. The number of aromatic amines is 1. The van der Waals surface area contributed by atoms with Crippen LogP contribution in [0.1, 0.15) is 30.3 Å². The molecule has 208 valence electrons. The van der Waals surface area contributed by atoms with Crippen LogP contribution in [0.15, 0.2) is 84.0 Å². The fourth-order valence-corrected chi connectivity index (χ4v) is 7.32. The lowest BCUT2D eigenvalue weighted by Crippen LogP contribution is -2.36. The minimum absolute atomic E-state index is 0.0752. The Labute approximate surface area is 232 Å². The molecule has 1 fully saturated rings. The van der Waals surface area contributed by atoms with E-state index in [9.17, 15) is 16.8 Å². The summed E-state index contributed by atoms with van der Waals surface area (Å²) in [4.78, 5) is 14.9. The molecule has 1 atom stereocenters. The molecule has 0 aliphatic carbocycles. The van der Waals surface area contributed by atoms with Crippen molar-refractivity contribution in [1.82, 2.24) is 23.8 Å². The van der Waals surface area contributed by atoms with Gasteiger partial charge in [0.1, 0.15) is 17.4 Å². The highest BCUT2D eigenvalue weighted by molar-refractivity contribution is 7.90. The fraction of sp³-hybridized carbons (Fsp3) is 0.286. The molecule has 10 nitrogen and oxygen atoms in total. The third-order valence-electron chi connectivity index (χ3n) is 7.30. The van der Waals surface area contributed by atoms with Gasteiger partial charge in [0.15, 0.2) is 5.65 Å². The zero-order valence-corrected chi connectivity index (χ0v) is 23.5. The second-order valence-electron chi connectivity index (χ2n) is 10.1. The van der Waals surface area contributed by atoms with Gasteiger partial charge in [0, 0.05) is 18.1 Å². The number of rotatable bonds is 8. The van der Waals surface area contributed by atoms with Gasteiger partial charge in [0.05, 0.1) is 22.9 Å². The first-order chi connectivity index (χ1) is 19.2. The highest BCUT2D eigenvalue weighted by Gasteiger charge is 2.33. The standard InChI is InChI=1S/C28H29N5O5S2/c1-39(34,35)38-26(21-12-15-32(16-13-21)19-20-8-4-2-5-9-20)27-30-24-18-29-28-23(25(24)31-27)14-17-33(28)40(36,37)22-10-6-3-7-11-22/h2-11,14,17-18,21,26H,12-13,15-16,19H2,1H3,(H,30,31). The van der Waals surface area contributed by atoms with Crippen molar-refractivity contribution in [3.8, 4) is 0 Å². The Morgan fingerprint density at radius 1 is 0.975 bits per heavy atom. The predicted molar refractivity (Wildman–Crippen MR) is 152 cm³/mol. The summed E-state index contributed by atoms with van der Waals surface area (Å²) >= 11 is 0. The number of hydrogen-bond donors (Lipinski definition) is 1. The van der Waals surface area contributed by atoms with Gasteiger partial charge < -0.3 is 4.98 Å². The minimum Gasteiger partial charge on any atom is -0.338 e. The molecule has 2 aromatic carbocycles. The monoisotopic (exact) mass is 579 g/mol.